The van der Waals surface area contributed by atoms with Gasteiger partial charge in [-0.2, -0.15) is 0 Å². The minimum absolute atomic E-state index is 0.192. The number of carbonyl (C=O) groups excluding carboxylic acids is 1. The lowest BCUT2D eigenvalue weighted by Crippen LogP contribution is -2.31. The van der Waals surface area contributed by atoms with Gasteiger partial charge in [0, 0.05) is 19.7 Å². The fourth-order valence-electron chi connectivity index (χ4n) is 1.12. The molecule has 1 rings (SSSR count). The summed E-state index contributed by atoms with van der Waals surface area (Å²) in [6.45, 7) is 2.53. The highest BCUT2D eigenvalue weighted by atomic mass is 16.5. The molecule has 1 aromatic carbocycles. The van der Waals surface area contributed by atoms with E-state index in [4.69, 9.17) is 10.5 Å². The van der Waals surface area contributed by atoms with Crippen LogP contribution in [0.2, 0.25) is 0 Å². The number of hydrogen-bond donors (Lipinski definition) is 2. The molecule has 1 aromatic rings. The topological polar surface area (TPSA) is 67.6 Å². The molecule has 5 nitrogen and oxygen atoms in total. The number of nitrogens with one attached hydrogen (secondary N) is 1. The van der Waals surface area contributed by atoms with E-state index >= 15 is 0 Å². The molecule has 3 N–H and O–H groups in total. The predicted molar refractivity (Wildman–Crippen MR) is 64.7 cm³/mol. The number of urea groups is 1. The molecular formula is C11H17N3O2. The first-order valence-electron chi connectivity index (χ1n) is 5.04. The Morgan fingerprint density at radius 3 is 2.81 bits per heavy atom. The molecule has 0 bridgehead atoms. The summed E-state index contributed by atoms with van der Waals surface area (Å²) in [5.74, 6) is 0.656. The number of benzene rings is 1. The van der Waals surface area contributed by atoms with Gasteiger partial charge in [-0.25, -0.2) is 4.79 Å². The molecule has 0 aliphatic rings. The minimum atomic E-state index is -0.192. The van der Waals surface area contributed by atoms with E-state index in [9.17, 15) is 4.79 Å². The number of nitrogens with zero attached hydrogens (tertiary/aromatic N) is 1. The summed E-state index contributed by atoms with van der Waals surface area (Å²) in [6.07, 6.45) is 0. The monoisotopic (exact) mass is 223 g/mol. The summed E-state index contributed by atoms with van der Waals surface area (Å²) in [7, 11) is 3.28. The molecule has 2 amide bonds. The van der Waals surface area contributed by atoms with Crippen LogP contribution in [0, 0.1) is 0 Å². The standard InChI is InChI=1S/C11H17N3O2/c1-4-14(2)11(15)13-10-7-8(16-3)5-6-9(10)12/h5-7H,4,12H2,1-3H3,(H,13,15). The van der Waals surface area contributed by atoms with E-state index in [0.717, 1.165) is 0 Å². The van der Waals surface area contributed by atoms with E-state index in [0.29, 0.717) is 23.7 Å². The number of nitrogens with two attached hydrogens (primary N) is 1. The third-order valence-electron chi connectivity index (χ3n) is 2.32. The molecule has 0 aromatic heterocycles. The third-order valence-corrected chi connectivity index (χ3v) is 2.32. The molecule has 88 valence electrons. The van der Waals surface area contributed by atoms with Crippen LogP contribution in [0.5, 0.6) is 5.75 Å². The molecule has 0 atom stereocenters. The van der Waals surface area contributed by atoms with Gasteiger partial charge < -0.3 is 20.7 Å². The van der Waals surface area contributed by atoms with Crippen LogP contribution in [0.15, 0.2) is 18.2 Å². The van der Waals surface area contributed by atoms with Crippen LogP contribution in [0.25, 0.3) is 0 Å². The van der Waals surface area contributed by atoms with Crippen molar-refractivity contribution in [1.29, 1.82) is 0 Å². The smallest absolute Gasteiger partial charge is 0.321 e. The van der Waals surface area contributed by atoms with E-state index < -0.39 is 0 Å². The number of ether oxygens (including phenoxy) is 1. The molecule has 0 heterocycles. The quantitative estimate of drug-likeness (QED) is 0.767. The Labute approximate surface area is 95.2 Å². The largest absolute Gasteiger partial charge is 0.497 e. The molecule has 0 spiro atoms. The number of nitrogen functional groups attached to an aromatic ring is 1. The Morgan fingerprint density at radius 1 is 1.56 bits per heavy atom. The van der Waals surface area contributed by atoms with Gasteiger partial charge in [-0.05, 0) is 19.1 Å². The number of amides is 2. The molecule has 0 aliphatic carbocycles. The lowest BCUT2D eigenvalue weighted by atomic mass is 10.2. The predicted octanol–water partition coefficient (Wildman–Crippen LogP) is 1.76. The fraction of sp³-hybridized carbons (Fsp3) is 0.364. The Balaban J connectivity index is 2.83. The van der Waals surface area contributed by atoms with Crippen LogP contribution in [-0.4, -0.2) is 31.6 Å². The maximum Gasteiger partial charge on any atom is 0.321 e. The van der Waals surface area contributed by atoms with Gasteiger partial charge in [-0.15, -0.1) is 0 Å². The van der Waals surface area contributed by atoms with Crippen LogP contribution in [-0.2, 0) is 0 Å². The maximum absolute atomic E-state index is 11.6. The van der Waals surface area contributed by atoms with Crippen molar-refractivity contribution in [3.8, 4) is 5.75 Å². The van der Waals surface area contributed by atoms with Gasteiger partial charge in [0.25, 0.3) is 0 Å². The summed E-state index contributed by atoms with van der Waals surface area (Å²) in [5.41, 5.74) is 6.82. The highest BCUT2D eigenvalue weighted by molar-refractivity contribution is 5.92. The van der Waals surface area contributed by atoms with Gasteiger partial charge in [0.2, 0.25) is 0 Å². The number of anilines is 2. The minimum Gasteiger partial charge on any atom is -0.497 e. The van der Waals surface area contributed by atoms with Crippen molar-refractivity contribution in [2.75, 3.05) is 31.8 Å². The number of carbonyl (C=O) groups is 1. The number of methoxy groups -OCH3 is 1. The van der Waals surface area contributed by atoms with Crippen molar-refractivity contribution in [3.63, 3.8) is 0 Å². The highest BCUT2D eigenvalue weighted by Crippen LogP contribution is 2.24. The Morgan fingerprint density at radius 2 is 2.25 bits per heavy atom. The molecule has 0 aliphatic heterocycles. The van der Waals surface area contributed by atoms with Crippen molar-refractivity contribution in [2.45, 2.75) is 6.92 Å². The molecule has 16 heavy (non-hydrogen) atoms. The van der Waals surface area contributed by atoms with E-state index in [1.807, 2.05) is 6.92 Å². The Kier molecular flexibility index (Phi) is 3.99. The third kappa shape index (κ3) is 2.79. The van der Waals surface area contributed by atoms with E-state index in [1.165, 1.54) is 0 Å². The second-order valence-electron chi connectivity index (χ2n) is 3.40. The van der Waals surface area contributed by atoms with E-state index in [-0.39, 0.29) is 6.03 Å². The zero-order valence-electron chi connectivity index (χ0n) is 9.78. The van der Waals surface area contributed by atoms with Crippen molar-refractivity contribution < 1.29 is 9.53 Å². The van der Waals surface area contributed by atoms with Gasteiger partial charge in [0.05, 0.1) is 18.5 Å². The number of rotatable bonds is 3. The van der Waals surface area contributed by atoms with Crippen molar-refractivity contribution in [3.05, 3.63) is 18.2 Å². The Bertz CT molecular complexity index is 379. The van der Waals surface area contributed by atoms with Crippen LogP contribution in [0.4, 0.5) is 16.2 Å². The number of hydrogen-bond acceptors (Lipinski definition) is 3. The fourth-order valence-corrected chi connectivity index (χ4v) is 1.12. The SMILES string of the molecule is CCN(C)C(=O)Nc1cc(OC)ccc1N. The van der Waals surface area contributed by atoms with Gasteiger partial charge in [-0.3, -0.25) is 0 Å². The average molecular weight is 223 g/mol. The summed E-state index contributed by atoms with van der Waals surface area (Å²) >= 11 is 0. The molecule has 0 saturated heterocycles. The summed E-state index contributed by atoms with van der Waals surface area (Å²) in [6, 6.07) is 4.94. The molecule has 0 saturated carbocycles. The van der Waals surface area contributed by atoms with Gasteiger partial charge in [0.15, 0.2) is 0 Å². The molecule has 0 fully saturated rings. The summed E-state index contributed by atoms with van der Waals surface area (Å²) in [5, 5.41) is 2.72. The van der Waals surface area contributed by atoms with E-state index in [1.54, 1.807) is 37.3 Å². The summed E-state index contributed by atoms with van der Waals surface area (Å²) < 4.78 is 5.06. The van der Waals surface area contributed by atoms with E-state index in [2.05, 4.69) is 5.32 Å². The summed E-state index contributed by atoms with van der Waals surface area (Å²) in [4.78, 5) is 13.2. The average Bonchev–Trinajstić information content (AvgIpc) is 2.30. The normalized spacial score (nSPS) is 9.69. The maximum atomic E-state index is 11.6. The van der Waals surface area contributed by atoms with Crippen LogP contribution >= 0.6 is 0 Å². The van der Waals surface area contributed by atoms with Crippen molar-refractivity contribution >= 4 is 17.4 Å². The van der Waals surface area contributed by atoms with Crippen LogP contribution in [0.1, 0.15) is 6.92 Å². The molecule has 0 radical (unpaired) electrons. The first-order chi connectivity index (χ1) is 7.58. The highest BCUT2D eigenvalue weighted by Gasteiger charge is 2.09. The second-order valence-corrected chi connectivity index (χ2v) is 3.40. The molecular weight excluding hydrogens is 206 g/mol. The lowest BCUT2D eigenvalue weighted by molar-refractivity contribution is 0.224. The first-order valence-corrected chi connectivity index (χ1v) is 5.04. The first kappa shape index (κ1) is 12.2. The van der Waals surface area contributed by atoms with Crippen LogP contribution < -0.4 is 15.8 Å². The van der Waals surface area contributed by atoms with Crippen molar-refractivity contribution in [1.82, 2.24) is 4.90 Å². The Hall–Kier alpha value is -1.91. The van der Waals surface area contributed by atoms with Gasteiger partial charge in [0.1, 0.15) is 5.75 Å². The molecule has 0 unspecified atom stereocenters. The van der Waals surface area contributed by atoms with Crippen LogP contribution in [0.3, 0.4) is 0 Å². The molecule has 5 heteroatoms. The zero-order chi connectivity index (χ0) is 12.1. The van der Waals surface area contributed by atoms with Crippen molar-refractivity contribution in [2.24, 2.45) is 0 Å². The van der Waals surface area contributed by atoms with Gasteiger partial charge in [-0.1, -0.05) is 0 Å². The zero-order valence-corrected chi connectivity index (χ0v) is 9.78. The second kappa shape index (κ2) is 5.25. The van der Waals surface area contributed by atoms with Gasteiger partial charge >= 0.3 is 6.03 Å². The lowest BCUT2D eigenvalue weighted by Gasteiger charge is -2.16.